The molecule has 0 N–H and O–H groups in total. The Morgan fingerprint density at radius 1 is 1.18 bits per heavy atom. The number of likely N-dealkylation sites (tertiary alicyclic amines) is 1. The first kappa shape index (κ1) is 20.0. The number of halogens is 1. The molecule has 1 aliphatic rings. The molecule has 1 fully saturated rings. The summed E-state index contributed by atoms with van der Waals surface area (Å²) in [5.74, 6) is -0.416. The largest absolute Gasteiger partial charge is 0.343 e. The monoisotopic (exact) mass is 400 g/mol. The topological polar surface area (TPSA) is 58.8 Å². The van der Waals surface area contributed by atoms with Crippen molar-refractivity contribution in [2.24, 2.45) is 5.92 Å². The van der Waals surface area contributed by atoms with E-state index in [1.807, 2.05) is 0 Å². The summed E-state index contributed by atoms with van der Waals surface area (Å²) in [6.07, 6.45) is 1.35. The molecule has 7 heteroatoms. The maximum atomic E-state index is 14.2. The number of hydrogen-bond acceptors (Lipinski definition) is 3. The maximum absolute atomic E-state index is 14.2. The van der Waals surface area contributed by atoms with Crippen molar-refractivity contribution in [1.29, 1.82) is 0 Å². The van der Waals surface area contributed by atoms with Gasteiger partial charge in [-0.25, -0.2) is 17.7 Å². The standard InChI is InChI=1S/C21H21FN2O3S/c1-15(25)24-11-9-16(10-12-24)14-28(26,27)19-6-3-17(4-7-19)20-8-5-18(23-2)13-21(20)22/h3-8,13,16H,9-12,14H2,1H3. The number of sulfone groups is 1. The number of amides is 1. The number of piperidine rings is 1. The van der Waals surface area contributed by atoms with E-state index >= 15 is 0 Å². The van der Waals surface area contributed by atoms with Gasteiger partial charge in [-0.3, -0.25) is 4.79 Å². The minimum atomic E-state index is -3.45. The zero-order chi connectivity index (χ0) is 20.3. The van der Waals surface area contributed by atoms with Gasteiger partial charge >= 0.3 is 0 Å². The summed E-state index contributed by atoms with van der Waals surface area (Å²) in [5, 5.41) is 0. The van der Waals surface area contributed by atoms with Crippen molar-refractivity contribution in [3.05, 3.63) is 59.7 Å². The van der Waals surface area contributed by atoms with Crippen molar-refractivity contribution in [2.75, 3.05) is 18.8 Å². The summed E-state index contributed by atoms with van der Waals surface area (Å²) >= 11 is 0. The van der Waals surface area contributed by atoms with Crippen molar-refractivity contribution < 1.29 is 17.6 Å². The number of hydrogen-bond donors (Lipinski definition) is 0. The highest BCUT2D eigenvalue weighted by molar-refractivity contribution is 7.91. The first-order chi connectivity index (χ1) is 13.3. The van der Waals surface area contributed by atoms with Crippen LogP contribution in [0.15, 0.2) is 47.4 Å². The number of carbonyl (C=O) groups excluding carboxylic acids is 1. The Morgan fingerprint density at radius 2 is 1.82 bits per heavy atom. The molecule has 28 heavy (non-hydrogen) atoms. The smallest absolute Gasteiger partial charge is 0.219 e. The van der Waals surface area contributed by atoms with E-state index in [1.54, 1.807) is 17.0 Å². The van der Waals surface area contributed by atoms with Crippen molar-refractivity contribution >= 4 is 21.4 Å². The molecule has 0 aromatic heterocycles. The highest BCUT2D eigenvalue weighted by Gasteiger charge is 2.26. The van der Waals surface area contributed by atoms with Gasteiger partial charge in [0.05, 0.1) is 17.2 Å². The molecule has 1 amide bonds. The molecule has 1 saturated heterocycles. The van der Waals surface area contributed by atoms with Crippen LogP contribution in [-0.4, -0.2) is 38.1 Å². The van der Waals surface area contributed by atoms with Crippen molar-refractivity contribution in [2.45, 2.75) is 24.7 Å². The second kappa shape index (κ2) is 8.11. The van der Waals surface area contributed by atoms with E-state index in [9.17, 15) is 17.6 Å². The molecule has 0 bridgehead atoms. The van der Waals surface area contributed by atoms with Crippen molar-refractivity contribution in [3.63, 3.8) is 0 Å². The number of nitrogens with zero attached hydrogens (tertiary/aromatic N) is 2. The van der Waals surface area contributed by atoms with E-state index in [0.717, 1.165) is 0 Å². The summed E-state index contributed by atoms with van der Waals surface area (Å²) in [6.45, 7) is 9.63. The van der Waals surface area contributed by atoms with Crippen LogP contribution in [0.5, 0.6) is 0 Å². The van der Waals surface area contributed by atoms with E-state index in [-0.39, 0.29) is 28.2 Å². The average Bonchev–Trinajstić information content (AvgIpc) is 2.68. The molecule has 5 nitrogen and oxygen atoms in total. The van der Waals surface area contributed by atoms with Gasteiger partial charge in [0.2, 0.25) is 5.91 Å². The third-order valence-corrected chi connectivity index (χ3v) is 7.02. The summed E-state index contributed by atoms with van der Waals surface area (Å²) in [6, 6.07) is 10.4. The summed E-state index contributed by atoms with van der Waals surface area (Å²) in [5.41, 5.74) is 1.10. The first-order valence-electron chi connectivity index (χ1n) is 9.06. The predicted molar refractivity (Wildman–Crippen MR) is 105 cm³/mol. The summed E-state index contributed by atoms with van der Waals surface area (Å²) < 4.78 is 39.6. The third-order valence-electron chi connectivity index (χ3n) is 5.12. The van der Waals surface area contributed by atoms with Crippen LogP contribution in [0.2, 0.25) is 0 Å². The average molecular weight is 400 g/mol. The van der Waals surface area contributed by atoms with Gasteiger partial charge < -0.3 is 4.90 Å². The van der Waals surface area contributed by atoms with E-state index in [1.165, 1.54) is 37.3 Å². The molecule has 0 atom stereocenters. The zero-order valence-electron chi connectivity index (χ0n) is 15.6. The Bertz CT molecular complexity index is 1020. The Kier molecular flexibility index (Phi) is 5.80. The molecule has 146 valence electrons. The Hall–Kier alpha value is -2.72. The van der Waals surface area contributed by atoms with Crippen LogP contribution in [0.3, 0.4) is 0 Å². The fourth-order valence-electron chi connectivity index (χ4n) is 3.47. The Balaban J connectivity index is 1.72. The highest BCUT2D eigenvalue weighted by Crippen LogP contribution is 2.28. The van der Waals surface area contributed by atoms with Crippen molar-refractivity contribution in [3.8, 4) is 11.1 Å². The molecule has 3 rings (SSSR count). The fraction of sp³-hybridized carbons (Fsp3) is 0.333. The Morgan fingerprint density at radius 3 is 2.36 bits per heavy atom. The lowest BCUT2D eigenvalue weighted by Gasteiger charge is -2.31. The van der Waals surface area contributed by atoms with Crippen LogP contribution in [0.25, 0.3) is 16.0 Å². The normalized spacial score (nSPS) is 15.2. The maximum Gasteiger partial charge on any atom is 0.219 e. The number of rotatable bonds is 4. The molecule has 0 aliphatic carbocycles. The lowest BCUT2D eigenvalue weighted by atomic mass is 9.99. The van der Waals surface area contributed by atoms with Gasteiger partial charge in [-0.1, -0.05) is 24.3 Å². The molecule has 1 aliphatic heterocycles. The Labute approximate surface area is 164 Å². The van der Waals surface area contributed by atoms with Crippen LogP contribution in [0.4, 0.5) is 10.1 Å². The van der Waals surface area contributed by atoms with Crippen LogP contribution in [0.1, 0.15) is 19.8 Å². The number of carbonyl (C=O) groups is 1. The van der Waals surface area contributed by atoms with Gasteiger partial charge in [-0.15, -0.1) is 0 Å². The van der Waals surface area contributed by atoms with E-state index in [0.29, 0.717) is 37.1 Å². The van der Waals surface area contributed by atoms with E-state index in [2.05, 4.69) is 4.85 Å². The van der Waals surface area contributed by atoms with Gasteiger partial charge in [0.25, 0.3) is 0 Å². The van der Waals surface area contributed by atoms with Crippen LogP contribution >= 0.6 is 0 Å². The van der Waals surface area contributed by atoms with Gasteiger partial charge in [0.1, 0.15) is 5.82 Å². The molecule has 0 radical (unpaired) electrons. The van der Waals surface area contributed by atoms with E-state index < -0.39 is 15.7 Å². The second-order valence-electron chi connectivity index (χ2n) is 7.03. The lowest BCUT2D eigenvalue weighted by molar-refractivity contribution is -0.130. The van der Waals surface area contributed by atoms with Gasteiger partial charge in [0.15, 0.2) is 15.5 Å². The highest BCUT2D eigenvalue weighted by atomic mass is 32.2. The third kappa shape index (κ3) is 4.39. The SMILES string of the molecule is [C-]#[N+]c1ccc(-c2ccc(S(=O)(=O)CC3CCN(C(C)=O)CC3)cc2)c(F)c1. The zero-order valence-corrected chi connectivity index (χ0v) is 16.4. The molecule has 1 heterocycles. The van der Waals surface area contributed by atoms with Crippen LogP contribution < -0.4 is 0 Å². The number of benzene rings is 2. The second-order valence-corrected chi connectivity index (χ2v) is 9.07. The van der Waals surface area contributed by atoms with Gasteiger partial charge in [-0.05, 0) is 42.5 Å². The van der Waals surface area contributed by atoms with Gasteiger partial charge in [0, 0.05) is 25.6 Å². The van der Waals surface area contributed by atoms with Crippen LogP contribution in [0, 0.1) is 18.3 Å². The first-order valence-corrected chi connectivity index (χ1v) is 10.7. The minimum absolute atomic E-state index is 0.0218. The van der Waals surface area contributed by atoms with E-state index in [4.69, 9.17) is 6.57 Å². The minimum Gasteiger partial charge on any atom is -0.343 e. The van der Waals surface area contributed by atoms with Gasteiger partial charge in [-0.2, -0.15) is 0 Å². The fourth-order valence-corrected chi connectivity index (χ4v) is 5.17. The quantitative estimate of drug-likeness (QED) is 0.727. The molecule has 2 aromatic rings. The predicted octanol–water partition coefficient (Wildman–Crippen LogP) is 4.08. The van der Waals surface area contributed by atoms with Crippen molar-refractivity contribution in [1.82, 2.24) is 4.90 Å². The molecule has 2 aromatic carbocycles. The molecular formula is C21H21FN2O3S. The molecular weight excluding hydrogens is 379 g/mol. The van der Waals surface area contributed by atoms with Crippen LogP contribution in [-0.2, 0) is 14.6 Å². The molecule has 0 unspecified atom stereocenters. The summed E-state index contributed by atoms with van der Waals surface area (Å²) in [4.78, 5) is 16.5. The lowest BCUT2D eigenvalue weighted by Crippen LogP contribution is -2.38. The molecule has 0 saturated carbocycles. The summed E-state index contributed by atoms with van der Waals surface area (Å²) in [7, 11) is -3.45. The molecule has 0 spiro atoms.